The fourth-order valence-electron chi connectivity index (χ4n) is 1.81. The smallest absolute Gasteiger partial charge is 0.288 e. The second-order valence-electron chi connectivity index (χ2n) is 5.34. The summed E-state index contributed by atoms with van der Waals surface area (Å²) in [4.78, 5) is 12.1. The van der Waals surface area contributed by atoms with Crippen LogP contribution in [0.15, 0.2) is 24.3 Å². The Morgan fingerprint density at radius 2 is 1.88 bits per heavy atom. The molecule has 2 aromatic rings. The summed E-state index contributed by atoms with van der Waals surface area (Å²) in [7, 11) is -3.48. The maximum Gasteiger partial charge on any atom is 0.288 e. The monoisotopic (exact) mass is 390 g/mol. The van der Waals surface area contributed by atoms with Crippen molar-refractivity contribution in [3.05, 3.63) is 29.8 Å². The Bertz CT molecular complexity index is 899. The SMILES string of the molecule is CS(=O)(=O)Nc1nnc(NC(=O)c2ccc(OC3CC3(F)F)cc2)s1. The van der Waals surface area contributed by atoms with E-state index in [1.54, 1.807) is 0 Å². The molecule has 1 fully saturated rings. The lowest BCUT2D eigenvalue weighted by Crippen LogP contribution is -2.12. The number of rotatable bonds is 6. The maximum absolute atomic E-state index is 12.8. The first-order chi connectivity index (χ1) is 11.6. The van der Waals surface area contributed by atoms with E-state index in [2.05, 4.69) is 20.2 Å². The number of amides is 1. The van der Waals surface area contributed by atoms with Crippen LogP contribution in [0.1, 0.15) is 16.8 Å². The Balaban J connectivity index is 1.60. The fraction of sp³-hybridized carbons (Fsp3) is 0.308. The number of hydrogen-bond donors (Lipinski definition) is 2. The summed E-state index contributed by atoms with van der Waals surface area (Å²) < 4.78 is 55.0. The highest BCUT2D eigenvalue weighted by Crippen LogP contribution is 2.44. The molecule has 1 aliphatic rings. The van der Waals surface area contributed by atoms with Crippen LogP contribution in [0.2, 0.25) is 0 Å². The van der Waals surface area contributed by atoms with Gasteiger partial charge in [0.05, 0.1) is 12.7 Å². The highest BCUT2D eigenvalue weighted by Gasteiger charge is 2.59. The number of alkyl halides is 2. The van der Waals surface area contributed by atoms with Gasteiger partial charge in [-0.1, -0.05) is 11.3 Å². The van der Waals surface area contributed by atoms with Gasteiger partial charge in [0.2, 0.25) is 20.3 Å². The Morgan fingerprint density at radius 1 is 1.28 bits per heavy atom. The molecule has 1 unspecified atom stereocenters. The second-order valence-corrected chi connectivity index (χ2v) is 8.06. The summed E-state index contributed by atoms with van der Waals surface area (Å²) in [5.74, 6) is -3.05. The van der Waals surface area contributed by atoms with Gasteiger partial charge in [0, 0.05) is 5.56 Å². The zero-order chi connectivity index (χ0) is 18.2. The molecule has 134 valence electrons. The molecule has 0 aliphatic heterocycles. The largest absolute Gasteiger partial charge is 0.484 e. The third kappa shape index (κ3) is 4.60. The topological polar surface area (TPSA) is 110 Å². The summed E-state index contributed by atoms with van der Waals surface area (Å²) >= 11 is 0.850. The van der Waals surface area contributed by atoms with E-state index in [0.29, 0.717) is 0 Å². The predicted octanol–water partition coefficient (Wildman–Crippen LogP) is 1.95. The Labute approximate surface area is 145 Å². The number of carbonyl (C=O) groups excluding carboxylic acids is 1. The molecule has 1 aliphatic carbocycles. The number of nitrogens with one attached hydrogen (secondary N) is 2. The number of ether oxygens (including phenoxy) is 1. The summed E-state index contributed by atoms with van der Waals surface area (Å²) in [5, 5.41) is 9.82. The molecule has 3 rings (SSSR count). The van der Waals surface area contributed by atoms with Gasteiger partial charge >= 0.3 is 0 Å². The first kappa shape index (κ1) is 17.5. The number of carbonyl (C=O) groups is 1. The van der Waals surface area contributed by atoms with E-state index >= 15 is 0 Å². The van der Waals surface area contributed by atoms with E-state index in [4.69, 9.17) is 4.74 Å². The van der Waals surface area contributed by atoms with Crippen LogP contribution in [-0.2, 0) is 10.0 Å². The van der Waals surface area contributed by atoms with Crippen LogP contribution in [0.3, 0.4) is 0 Å². The molecule has 12 heteroatoms. The molecule has 0 spiro atoms. The lowest BCUT2D eigenvalue weighted by atomic mass is 10.2. The molecule has 0 radical (unpaired) electrons. The quantitative estimate of drug-likeness (QED) is 0.780. The van der Waals surface area contributed by atoms with Crippen LogP contribution in [0.5, 0.6) is 5.75 Å². The molecule has 0 bridgehead atoms. The molecule has 1 heterocycles. The molecular weight excluding hydrogens is 378 g/mol. The molecule has 0 saturated heterocycles. The van der Waals surface area contributed by atoms with Crippen molar-refractivity contribution in [1.29, 1.82) is 0 Å². The van der Waals surface area contributed by atoms with Gasteiger partial charge in [-0.2, -0.15) is 0 Å². The van der Waals surface area contributed by atoms with Gasteiger partial charge in [0.15, 0.2) is 6.10 Å². The van der Waals surface area contributed by atoms with Crippen molar-refractivity contribution in [2.75, 3.05) is 16.3 Å². The van der Waals surface area contributed by atoms with E-state index in [-0.39, 0.29) is 28.0 Å². The average molecular weight is 390 g/mol. The number of anilines is 2. The van der Waals surface area contributed by atoms with Crippen LogP contribution in [-0.4, -0.2) is 42.8 Å². The molecule has 1 aromatic carbocycles. The molecular formula is C13H12F2N4O4S2. The van der Waals surface area contributed by atoms with Crippen LogP contribution in [0, 0.1) is 0 Å². The van der Waals surface area contributed by atoms with Crippen LogP contribution in [0.25, 0.3) is 0 Å². The van der Waals surface area contributed by atoms with Crippen LogP contribution < -0.4 is 14.8 Å². The number of nitrogens with zero attached hydrogens (tertiary/aromatic N) is 2. The molecule has 1 amide bonds. The Hall–Kier alpha value is -2.34. The van der Waals surface area contributed by atoms with Crippen LogP contribution in [0.4, 0.5) is 19.0 Å². The van der Waals surface area contributed by atoms with Gasteiger partial charge in [0.1, 0.15) is 5.75 Å². The first-order valence-electron chi connectivity index (χ1n) is 6.89. The zero-order valence-electron chi connectivity index (χ0n) is 12.7. The summed E-state index contributed by atoms with van der Waals surface area (Å²) in [5.41, 5.74) is 0.253. The lowest BCUT2D eigenvalue weighted by molar-refractivity contribution is 0.0665. The molecule has 1 saturated carbocycles. The number of halogens is 2. The number of aromatic nitrogens is 2. The van der Waals surface area contributed by atoms with Gasteiger partial charge < -0.3 is 4.74 Å². The summed E-state index contributed by atoms with van der Waals surface area (Å²) in [6, 6.07) is 5.67. The minimum atomic E-state index is -3.48. The van der Waals surface area contributed by atoms with Gasteiger partial charge in [-0.15, -0.1) is 10.2 Å². The van der Waals surface area contributed by atoms with E-state index < -0.39 is 28.0 Å². The van der Waals surface area contributed by atoms with Crippen molar-refractivity contribution in [1.82, 2.24) is 10.2 Å². The predicted molar refractivity (Wildman–Crippen MR) is 86.8 cm³/mol. The minimum Gasteiger partial charge on any atom is -0.484 e. The van der Waals surface area contributed by atoms with Crippen molar-refractivity contribution in [3.63, 3.8) is 0 Å². The van der Waals surface area contributed by atoms with E-state index in [1.807, 2.05) is 0 Å². The normalized spacial score (nSPS) is 18.4. The van der Waals surface area contributed by atoms with Gasteiger partial charge in [-0.3, -0.25) is 14.8 Å². The van der Waals surface area contributed by atoms with Crippen molar-refractivity contribution in [3.8, 4) is 5.75 Å². The van der Waals surface area contributed by atoms with E-state index in [0.717, 1.165) is 17.6 Å². The number of sulfonamides is 1. The lowest BCUT2D eigenvalue weighted by Gasteiger charge is -2.06. The third-order valence-corrected chi connectivity index (χ3v) is 4.53. The van der Waals surface area contributed by atoms with Crippen molar-refractivity contribution in [2.45, 2.75) is 18.4 Å². The zero-order valence-corrected chi connectivity index (χ0v) is 14.3. The van der Waals surface area contributed by atoms with Gasteiger partial charge in [0.25, 0.3) is 11.8 Å². The third-order valence-electron chi connectivity index (χ3n) is 3.08. The van der Waals surface area contributed by atoms with E-state index in [9.17, 15) is 22.0 Å². The van der Waals surface area contributed by atoms with Crippen LogP contribution >= 0.6 is 11.3 Å². The maximum atomic E-state index is 12.8. The van der Waals surface area contributed by atoms with Crippen molar-refractivity contribution in [2.24, 2.45) is 0 Å². The Morgan fingerprint density at radius 3 is 2.44 bits per heavy atom. The number of benzene rings is 1. The standard InChI is InChI=1S/C13H12F2N4O4S2/c1-25(21,22)19-12-18-17-11(24-12)16-10(20)7-2-4-8(5-3-7)23-9-6-13(9,14)15/h2-5,9H,6H2,1H3,(H,18,19)(H,16,17,20). The first-order valence-corrected chi connectivity index (χ1v) is 9.60. The number of hydrogen-bond acceptors (Lipinski definition) is 7. The molecule has 2 N–H and O–H groups in total. The van der Waals surface area contributed by atoms with E-state index in [1.165, 1.54) is 24.3 Å². The fourth-order valence-corrected chi connectivity index (χ4v) is 3.28. The summed E-state index contributed by atoms with van der Waals surface area (Å²) in [6.07, 6.45) is -0.460. The molecule has 25 heavy (non-hydrogen) atoms. The highest BCUT2D eigenvalue weighted by molar-refractivity contribution is 7.92. The minimum absolute atomic E-state index is 0.0203. The Kier molecular flexibility index (Phi) is 4.33. The van der Waals surface area contributed by atoms with Crippen molar-refractivity contribution >= 4 is 37.5 Å². The summed E-state index contributed by atoms with van der Waals surface area (Å²) in [6.45, 7) is 0. The van der Waals surface area contributed by atoms with Gasteiger partial charge in [-0.05, 0) is 24.3 Å². The van der Waals surface area contributed by atoms with Gasteiger partial charge in [-0.25, -0.2) is 17.2 Å². The van der Waals surface area contributed by atoms with Crippen molar-refractivity contribution < 1.29 is 26.7 Å². The highest BCUT2D eigenvalue weighted by atomic mass is 32.2. The molecule has 1 aromatic heterocycles. The second kappa shape index (κ2) is 6.19. The average Bonchev–Trinajstić information content (AvgIpc) is 2.89. The molecule has 8 nitrogen and oxygen atoms in total. The molecule has 1 atom stereocenters.